The molecule has 54 valence electrons. The summed E-state index contributed by atoms with van der Waals surface area (Å²) in [5, 5.41) is 3.47. The van der Waals surface area contributed by atoms with Crippen molar-refractivity contribution in [2.24, 2.45) is 0 Å². The van der Waals surface area contributed by atoms with Crippen LogP contribution in [0.15, 0.2) is 0 Å². The highest BCUT2D eigenvalue weighted by atomic mass is 15.1. The molecule has 9 heavy (non-hydrogen) atoms. The van der Waals surface area contributed by atoms with E-state index < -0.39 is 0 Å². The summed E-state index contributed by atoms with van der Waals surface area (Å²) < 4.78 is 0. The zero-order valence-electron chi connectivity index (χ0n) is 6.48. The molecule has 1 N–H and O–H groups in total. The molecule has 0 amide bonds. The van der Waals surface area contributed by atoms with Gasteiger partial charge in [0, 0.05) is 12.1 Å². The lowest BCUT2D eigenvalue weighted by molar-refractivity contribution is 0.712. The summed E-state index contributed by atoms with van der Waals surface area (Å²) in [5.74, 6) is 0. The third-order valence-electron chi connectivity index (χ3n) is 2.00. The predicted molar refractivity (Wildman–Crippen MR) is 40.5 cm³/mol. The Bertz CT molecular complexity index is 70.6. The Morgan fingerprint density at radius 3 is 1.78 bits per heavy atom. The SMILES string of the molecule is CCC[C@@H]1N[C@@H]1CCC. The Kier molecular flexibility index (Phi) is 2.52. The van der Waals surface area contributed by atoms with Gasteiger partial charge in [0.1, 0.15) is 0 Å². The maximum atomic E-state index is 3.47. The van der Waals surface area contributed by atoms with Crippen LogP contribution in [0.1, 0.15) is 39.5 Å². The number of hydrogen-bond donors (Lipinski definition) is 1. The number of rotatable bonds is 4. The quantitative estimate of drug-likeness (QED) is 0.573. The Morgan fingerprint density at radius 2 is 1.44 bits per heavy atom. The maximum absolute atomic E-state index is 3.47. The summed E-state index contributed by atoms with van der Waals surface area (Å²) in [7, 11) is 0. The average Bonchev–Trinajstić information content (AvgIpc) is 2.50. The lowest BCUT2D eigenvalue weighted by Gasteiger charge is -1.90. The van der Waals surface area contributed by atoms with E-state index in [1.807, 2.05) is 0 Å². The lowest BCUT2D eigenvalue weighted by Crippen LogP contribution is -1.91. The molecular formula is C8H17N. The number of hydrogen-bond acceptors (Lipinski definition) is 1. The summed E-state index contributed by atoms with van der Waals surface area (Å²) >= 11 is 0. The molecule has 0 radical (unpaired) electrons. The summed E-state index contributed by atoms with van der Waals surface area (Å²) in [6, 6.07) is 1.77. The minimum Gasteiger partial charge on any atom is -0.308 e. The Balaban J connectivity index is 1.96. The maximum Gasteiger partial charge on any atom is 0.0224 e. The van der Waals surface area contributed by atoms with Crippen molar-refractivity contribution in [3.05, 3.63) is 0 Å². The van der Waals surface area contributed by atoms with Gasteiger partial charge in [0.05, 0.1) is 0 Å². The minimum absolute atomic E-state index is 0.884. The van der Waals surface area contributed by atoms with Crippen LogP contribution in [0.4, 0.5) is 0 Å². The molecule has 0 spiro atoms. The molecule has 1 nitrogen and oxygen atoms in total. The van der Waals surface area contributed by atoms with E-state index in [0.717, 1.165) is 12.1 Å². The van der Waals surface area contributed by atoms with Crippen LogP contribution in [0.2, 0.25) is 0 Å². The molecule has 1 heteroatoms. The molecule has 1 aliphatic heterocycles. The molecule has 0 bridgehead atoms. The van der Waals surface area contributed by atoms with Crippen LogP contribution in [-0.2, 0) is 0 Å². The lowest BCUT2D eigenvalue weighted by atomic mass is 10.1. The van der Waals surface area contributed by atoms with Crippen molar-refractivity contribution in [2.75, 3.05) is 0 Å². The van der Waals surface area contributed by atoms with Gasteiger partial charge in [-0.05, 0) is 12.8 Å². The molecule has 0 saturated carbocycles. The standard InChI is InChI=1S/C8H17N/c1-3-5-7-8(9-7)6-4-2/h7-9H,3-6H2,1-2H3/t7-,8+. The van der Waals surface area contributed by atoms with Crippen molar-refractivity contribution >= 4 is 0 Å². The van der Waals surface area contributed by atoms with Crippen LogP contribution in [0.3, 0.4) is 0 Å². The van der Waals surface area contributed by atoms with Crippen molar-refractivity contribution < 1.29 is 0 Å². The molecule has 0 aromatic rings. The van der Waals surface area contributed by atoms with Crippen LogP contribution in [-0.4, -0.2) is 12.1 Å². The first-order chi connectivity index (χ1) is 4.38. The fourth-order valence-electron chi connectivity index (χ4n) is 1.41. The van der Waals surface area contributed by atoms with Crippen molar-refractivity contribution in [1.29, 1.82) is 0 Å². The third-order valence-corrected chi connectivity index (χ3v) is 2.00. The summed E-state index contributed by atoms with van der Waals surface area (Å²) in [6.45, 7) is 4.51. The molecule has 2 atom stereocenters. The molecule has 0 unspecified atom stereocenters. The van der Waals surface area contributed by atoms with Crippen molar-refractivity contribution in [1.82, 2.24) is 5.32 Å². The molecule has 1 saturated heterocycles. The van der Waals surface area contributed by atoms with Crippen LogP contribution in [0, 0.1) is 0 Å². The first-order valence-corrected chi connectivity index (χ1v) is 4.14. The second kappa shape index (κ2) is 3.21. The van der Waals surface area contributed by atoms with Gasteiger partial charge in [0.2, 0.25) is 0 Å². The molecule has 0 aromatic carbocycles. The smallest absolute Gasteiger partial charge is 0.0224 e. The largest absolute Gasteiger partial charge is 0.308 e. The molecule has 1 aliphatic rings. The van der Waals surface area contributed by atoms with E-state index in [-0.39, 0.29) is 0 Å². The summed E-state index contributed by atoms with van der Waals surface area (Å²) in [4.78, 5) is 0. The Hall–Kier alpha value is -0.0400. The van der Waals surface area contributed by atoms with Crippen molar-refractivity contribution in [2.45, 2.75) is 51.6 Å². The van der Waals surface area contributed by atoms with E-state index in [4.69, 9.17) is 0 Å². The van der Waals surface area contributed by atoms with Gasteiger partial charge in [-0.1, -0.05) is 26.7 Å². The highest BCUT2D eigenvalue weighted by Crippen LogP contribution is 2.20. The van der Waals surface area contributed by atoms with Gasteiger partial charge in [0.25, 0.3) is 0 Å². The molecular weight excluding hydrogens is 110 g/mol. The van der Waals surface area contributed by atoms with Crippen LogP contribution in [0.5, 0.6) is 0 Å². The molecule has 0 aromatic heterocycles. The van der Waals surface area contributed by atoms with Crippen molar-refractivity contribution in [3.63, 3.8) is 0 Å². The van der Waals surface area contributed by atoms with Gasteiger partial charge in [-0.3, -0.25) is 0 Å². The predicted octanol–water partition coefficient (Wildman–Crippen LogP) is 1.93. The van der Waals surface area contributed by atoms with Gasteiger partial charge in [-0.25, -0.2) is 0 Å². The summed E-state index contributed by atoms with van der Waals surface area (Å²) in [5.41, 5.74) is 0. The van der Waals surface area contributed by atoms with Gasteiger partial charge in [-0.2, -0.15) is 0 Å². The van der Waals surface area contributed by atoms with E-state index in [2.05, 4.69) is 19.2 Å². The monoisotopic (exact) mass is 127 g/mol. The van der Waals surface area contributed by atoms with Gasteiger partial charge >= 0.3 is 0 Å². The van der Waals surface area contributed by atoms with E-state index in [0.29, 0.717) is 0 Å². The second-order valence-corrected chi connectivity index (χ2v) is 2.96. The van der Waals surface area contributed by atoms with Crippen LogP contribution in [0.25, 0.3) is 0 Å². The fraction of sp³-hybridized carbons (Fsp3) is 1.00. The highest BCUT2D eigenvalue weighted by molar-refractivity contribution is 4.96. The van der Waals surface area contributed by atoms with Crippen molar-refractivity contribution in [3.8, 4) is 0 Å². The van der Waals surface area contributed by atoms with Gasteiger partial charge in [-0.15, -0.1) is 0 Å². The highest BCUT2D eigenvalue weighted by Gasteiger charge is 2.33. The molecule has 1 fully saturated rings. The zero-order valence-corrected chi connectivity index (χ0v) is 6.48. The minimum atomic E-state index is 0.884. The topological polar surface area (TPSA) is 21.9 Å². The first kappa shape index (κ1) is 7.07. The molecule has 0 aliphatic carbocycles. The van der Waals surface area contributed by atoms with Gasteiger partial charge < -0.3 is 5.32 Å². The molecule has 1 heterocycles. The van der Waals surface area contributed by atoms with E-state index in [1.54, 1.807) is 0 Å². The van der Waals surface area contributed by atoms with Crippen LogP contribution >= 0.6 is 0 Å². The second-order valence-electron chi connectivity index (χ2n) is 2.96. The normalized spacial score (nSPS) is 32.7. The van der Waals surface area contributed by atoms with E-state index in [1.165, 1.54) is 25.7 Å². The average molecular weight is 127 g/mol. The molecule has 1 rings (SSSR count). The van der Waals surface area contributed by atoms with E-state index >= 15 is 0 Å². The zero-order chi connectivity index (χ0) is 6.69. The van der Waals surface area contributed by atoms with E-state index in [9.17, 15) is 0 Å². The summed E-state index contributed by atoms with van der Waals surface area (Å²) in [6.07, 6.45) is 5.42. The number of nitrogens with one attached hydrogen (secondary N) is 1. The Labute approximate surface area is 57.8 Å². The van der Waals surface area contributed by atoms with Crippen LogP contribution < -0.4 is 5.32 Å². The fourth-order valence-corrected chi connectivity index (χ4v) is 1.41. The first-order valence-electron chi connectivity index (χ1n) is 4.14. The van der Waals surface area contributed by atoms with Gasteiger partial charge in [0.15, 0.2) is 0 Å². The Morgan fingerprint density at radius 1 is 1.00 bits per heavy atom. The third kappa shape index (κ3) is 1.98.